The van der Waals surface area contributed by atoms with Crippen LogP contribution in [0.2, 0.25) is 0 Å². The molecule has 106 valence electrons. The first-order chi connectivity index (χ1) is 9.49. The summed E-state index contributed by atoms with van der Waals surface area (Å²) in [5.41, 5.74) is 5.88. The van der Waals surface area contributed by atoms with E-state index in [4.69, 9.17) is 0 Å². The van der Waals surface area contributed by atoms with Crippen LogP contribution >= 0.6 is 0 Å². The zero-order valence-corrected chi connectivity index (χ0v) is 12.6. The normalized spacial score (nSPS) is 12.4. The Hall–Kier alpha value is -1.67. The largest absolute Gasteiger partial charge is 0.306 e. The third-order valence-corrected chi connectivity index (χ3v) is 3.92. The number of aryl methyl sites for hydroxylation is 3. The molecule has 0 spiro atoms. The monoisotopic (exact) mass is 271 g/mol. The van der Waals surface area contributed by atoms with Gasteiger partial charge in [0.15, 0.2) is 0 Å². The summed E-state index contributed by atoms with van der Waals surface area (Å²) >= 11 is 0. The lowest BCUT2D eigenvalue weighted by Crippen LogP contribution is -2.19. The van der Waals surface area contributed by atoms with Crippen molar-refractivity contribution in [3.05, 3.63) is 70.0 Å². The summed E-state index contributed by atoms with van der Waals surface area (Å²) < 4.78 is 13.7. The van der Waals surface area contributed by atoms with Gasteiger partial charge in [-0.3, -0.25) is 0 Å². The van der Waals surface area contributed by atoms with Gasteiger partial charge in [-0.2, -0.15) is 0 Å². The molecule has 0 saturated heterocycles. The molecule has 0 aliphatic heterocycles. The van der Waals surface area contributed by atoms with E-state index in [0.717, 1.165) is 6.54 Å². The summed E-state index contributed by atoms with van der Waals surface area (Å²) in [6, 6.07) is 11.4. The fraction of sp³-hybridized carbons (Fsp3) is 0.333. The van der Waals surface area contributed by atoms with E-state index in [2.05, 4.69) is 38.2 Å². The molecule has 0 aromatic heterocycles. The van der Waals surface area contributed by atoms with Crippen molar-refractivity contribution in [3.8, 4) is 0 Å². The zero-order chi connectivity index (χ0) is 14.7. The average Bonchev–Trinajstić information content (AvgIpc) is 2.41. The van der Waals surface area contributed by atoms with Crippen molar-refractivity contribution in [3.63, 3.8) is 0 Å². The number of rotatable bonds is 4. The van der Waals surface area contributed by atoms with E-state index in [1.165, 1.54) is 28.3 Å². The number of hydrogen-bond acceptors (Lipinski definition) is 1. The second-order valence-electron chi connectivity index (χ2n) is 5.49. The van der Waals surface area contributed by atoms with Crippen LogP contribution in [0.3, 0.4) is 0 Å². The van der Waals surface area contributed by atoms with Crippen LogP contribution in [0.1, 0.15) is 40.8 Å². The fourth-order valence-electron chi connectivity index (χ4n) is 2.41. The van der Waals surface area contributed by atoms with E-state index in [1.54, 1.807) is 6.07 Å². The van der Waals surface area contributed by atoms with Crippen LogP contribution < -0.4 is 5.32 Å². The van der Waals surface area contributed by atoms with Crippen molar-refractivity contribution in [1.29, 1.82) is 0 Å². The molecule has 0 amide bonds. The van der Waals surface area contributed by atoms with Crippen LogP contribution in [-0.2, 0) is 6.54 Å². The SMILES string of the molecule is Cc1cc(C)c(CN[C@H](C)c2ccccc2F)cc1C. The number of nitrogens with one attached hydrogen (secondary N) is 1. The van der Waals surface area contributed by atoms with E-state index in [0.29, 0.717) is 5.56 Å². The van der Waals surface area contributed by atoms with Crippen molar-refractivity contribution in [1.82, 2.24) is 5.32 Å². The van der Waals surface area contributed by atoms with Gasteiger partial charge in [-0.15, -0.1) is 0 Å². The van der Waals surface area contributed by atoms with Crippen molar-refractivity contribution >= 4 is 0 Å². The molecule has 2 aromatic rings. The molecule has 0 heterocycles. The maximum atomic E-state index is 13.7. The molecule has 2 heteroatoms. The average molecular weight is 271 g/mol. The topological polar surface area (TPSA) is 12.0 Å². The van der Waals surface area contributed by atoms with Crippen LogP contribution in [0.15, 0.2) is 36.4 Å². The van der Waals surface area contributed by atoms with Gasteiger partial charge in [0, 0.05) is 18.2 Å². The minimum Gasteiger partial charge on any atom is -0.306 e. The Kier molecular flexibility index (Phi) is 4.56. The summed E-state index contributed by atoms with van der Waals surface area (Å²) in [6.07, 6.45) is 0. The molecule has 2 aromatic carbocycles. The molecule has 0 fully saturated rings. The number of benzene rings is 2. The summed E-state index contributed by atoms with van der Waals surface area (Å²) in [6.45, 7) is 9.12. The minimum absolute atomic E-state index is 0.00258. The molecule has 0 unspecified atom stereocenters. The second-order valence-corrected chi connectivity index (χ2v) is 5.49. The van der Waals surface area contributed by atoms with Crippen LogP contribution in [0.4, 0.5) is 4.39 Å². The molecule has 0 saturated carbocycles. The molecule has 0 aliphatic rings. The van der Waals surface area contributed by atoms with Crippen LogP contribution in [0, 0.1) is 26.6 Å². The van der Waals surface area contributed by atoms with E-state index in [-0.39, 0.29) is 11.9 Å². The first-order valence-corrected chi connectivity index (χ1v) is 7.03. The van der Waals surface area contributed by atoms with E-state index < -0.39 is 0 Å². The van der Waals surface area contributed by atoms with Gasteiger partial charge in [-0.05, 0) is 56.0 Å². The van der Waals surface area contributed by atoms with Crippen LogP contribution in [0.25, 0.3) is 0 Å². The zero-order valence-electron chi connectivity index (χ0n) is 12.6. The van der Waals surface area contributed by atoms with Crippen LogP contribution in [0.5, 0.6) is 0 Å². The predicted octanol–water partition coefficient (Wildman–Crippen LogP) is 4.60. The second kappa shape index (κ2) is 6.19. The Labute approximate surface area is 120 Å². The van der Waals surface area contributed by atoms with Gasteiger partial charge >= 0.3 is 0 Å². The Morgan fingerprint density at radius 1 is 1.00 bits per heavy atom. The van der Waals surface area contributed by atoms with Crippen molar-refractivity contribution in [2.24, 2.45) is 0 Å². The van der Waals surface area contributed by atoms with Crippen molar-refractivity contribution < 1.29 is 4.39 Å². The first kappa shape index (κ1) is 14.7. The molecule has 20 heavy (non-hydrogen) atoms. The highest BCUT2D eigenvalue weighted by Crippen LogP contribution is 2.19. The molecule has 1 nitrogen and oxygen atoms in total. The van der Waals surface area contributed by atoms with Gasteiger partial charge in [-0.25, -0.2) is 4.39 Å². The fourth-order valence-corrected chi connectivity index (χ4v) is 2.41. The summed E-state index contributed by atoms with van der Waals surface area (Å²) in [5, 5.41) is 3.40. The van der Waals surface area contributed by atoms with E-state index >= 15 is 0 Å². The first-order valence-electron chi connectivity index (χ1n) is 7.03. The highest BCUT2D eigenvalue weighted by molar-refractivity contribution is 5.36. The Morgan fingerprint density at radius 2 is 1.65 bits per heavy atom. The summed E-state index contributed by atoms with van der Waals surface area (Å²) in [5.74, 6) is -0.149. The third kappa shape index (κ3) is 3.26. The lowest BCUT2D eigenvalue weighted by Gasteiger charge is -2.17. The molecular weight excluding hydrogens is 249 g/mol. The lowest BCUT2D eigenvalue weighted by molar-refractivity contribution is 0.527. The predicted molar refractivity (Wildman–Crippen MR) is 82.3 cm³/mol. The highest BCUT2D eigenvalue weighted by Gasteiger charge is 2.10. The smallest absolute Gasteiger partial charge is 0.127 e. The minimum atomic E-state index is -0.149. The van der Waals surface area contributed by atoms with E-state index in [1.807, 2.05) is 19.1 Å². The molecule has 1 atom stereocenters. The Bertz CT molecular complexity index is 604. The van der Waals surface area contributed by atoms with Crippen LogP contribution in [-0.4, -0.2) is 0 Å². The summed E-state index contributed by atoms with van der Waals surface area (Å²) in [4.78, 5) is 0. The molecule has 0 aliphatic carbocycles. The van der Waals surface area contributed by atoms with Gasteiger partial charge in [-0.1, -0.05) is 30.3 Å². The Morgan fingerprint density at radius 3 is 2.35 bits per heavy atom. The van der Waals surface area contributed by atoms with Gasteiger partial charge in [0.1, 0.15) is 5.82 Å². The van der Waals surface area contributed by atoms with Gasteiger partial charge in [0.25, 0.3) is 0 Å². The maximum absolute atomic E-state index is 13.7. The molecule has 2 rings (SSSR count). The highest BCUT2D eigenvalue weighted by atomic mass is 19.1. The Balaban J connectivity index is 2.09. The quantitative estimate of drug-likeness (QED) is 0.856. The maximum Gasteiger partial charge on any atom is 0.127 e. The van der Waals surface area contributed by atoms with Gasteiger partial charge in [0.05, 0.1) is 0 Å². The summed E-state index contributed by atoms with van der Waals surface area (Å²) in [7, 11) is 0. The number of halogens is 1. The van der Waals surface area contributed by atoms with Crippen molar-refractivity contribution in [2.45, 2.75) is 40.3 Å². The van der Waals surface area contributed by atoms with E-state index in [9.17, 15) is 4.39 Å². The molecule has 1 N–H and O–H groups in total. The third-order valence-electron chi connectivity index (χ3n) is 3.92. The van der Waals surface area contributed by atoms with Crippen molar-refractivity contribution in [2.75, 3.05) is 0 Å². The molecule has 0 radical (unpaired) electrons. The van der Waals surface area contributed by atoms with Gasteiger partial charge in [0.2, 0.25) is 0 Å². The van der Waals surface area contributed by atoms with Gasteiger partial charge < -0.3 is 5.32 Å². The molecular formula is C18H22FN. The lowest BCUT2D eigenvalue weighted by atomic mass is 10.0. The molecule has 0 bridgehead atoms. The number of hydrogen-bond donors (Lipinski definition) is 1. The standard InChI is InChI=1S/C18H22FN/c1-12-9-14(3)16(10-13(12)2)11-20-15(4)17-7-5-6-8-18(17)19/h5-10,15,20H,11H2,1-4H3/t15-/m1/s1.